The van der Waals surface area contributed by atoms with Gasteiger partial charge in [-0.15, -0.1) is 0 Å². The summed E-state index contributed by atoms with van der Waals surface area (Å²) in [6.07, 6.45) is 0. The molecule has 0 saturated carbocycles. The molecule has 30 heavy (non-hydrogen) atoms. The van der Waals surface area contributed by atoms with Gasteiger partial charge in [-0.05, 0) is 54.4 Å². The molecule has 0 spiro atoms. The molecule has 0 aliphatic carbocycles. The molecule has 1 unspecified atom stereocenters. The van der Waals surface area contributed by atoms with Crippen molar-refractivity contribution in [3.8, 4) is 11.8 Å². The number of halogens is 1. The molecule has 0 aromatic heterocycles. The summed E-state index contributed by atoms with van der Waals surface area (Å²) >= 11 is 5.90. The van der Waals surface area contributed by atoms with Crippen molar-refractivity contribution in [3.05, 3.63) is 94.5 Å². The number of hydrogen-bond acceptors (Lipinski definition) is 4. The highest BCUT2D eigenvalue weighted by atomic mass is 35.5. The minimum Gasteiger partial charge on any atom is -0.489 e. The molecule has 0 aliphatic heterocycles. The van der Waals surface area contributed by atoms with Gasteiger partial charge in [0.05, 0.1) is 24.2 Å². The summed E-state index contributed by atoms with van der Waals surface area (Å²) in [5.74, 6) is 0.564. The number of rotatable bonds is 8. The Balaban J connectivity index is 1.50. The Morgan fingerprint density at radius 1 is 1.10 bits per heavy atom. The lowest BCUT2D eigenvalue weighted by Crippen LogP contribution is -2.32. The molecule has 6 heteroatoms. The van der Waals surface area contributed by atoms with Crippen LogP contribution in [0, 0.1) is 11.3 Å². The van der Waals surface area contributed by atoms with E-state index >= 15 is 0 Å². The summed E-state index contributed by atoms with van der Waals surface area (Å²) < 4.78 is 5.81. The predicted molar refractivity (Wildman–Crippen MR) is 118 cm³/mol. The smallest absolute Gasteiger partial charge is 0.239 e. The lowest BCUT2D eigenvalue weighted by molar-refractivity contribution is -0.120. The Hall–Kier alpha value is -3.49. The van der Waals surface area contributed by atoms with E-state index in [2.05, 4.69) is 16.7 Å². The summed E-state index contributed by atoms with van der Waals surface area (Å²) in [6, 6.07) is 24.1. The molecule has 0 aliphatic rings. The van der Waals surface area contributed by atoms with Crippen molar-refractivity contribution in [1.82, 2.24) is 5.32 Å². The van der Waals surface area contributed by atoms with Gasteiger partial charge in [0, 0.05) is 16.8 Å². The average molecular weight is 420 g/mol. The van der Waals surface area contributed by atoms with E-state index in [-0.39, 0.29) is 18.5 Å². The van der Waals surface area contributed by atoms with E-state index in [9.17, 15) is 4.79 Å². The van der Waals surface area contributed by atoms with Crippen LogP contribution in [0.25, 0.3) is 0 Å². The minimum absolute atomic E-state index is 0.114. The second kappa shape index (κ2) is 10.3. The Labute approximate surface area is 181 Å². The zero-order chi connectivity index (χ0) is 21.3. The van der Waals surface area contributed by atoms with Gasteiger partial charge in [0.2, 0.25) is 5.91 Å². The molecule has 3 aromatic rings. The van der Waals surface area contributed by atoms with Crippen LogP contribution in [-0.2, 0) is 11.4 Å². The molecule has 0 radical (unpaired) electrons. The molecule has 5 nitrogen and oxygen atoms in total. The summed E-state index contributed by atoms with van der Waals surface area (Å²) in [7, 11) is 0. The van der Waals surface area contributed by atoms with Crippen LogP contribution in [0.5, 0.6) is 5.75 Å². The van der Waals surface area contributed by atoms with Crippen LogP contribution in [0.2, 0.25) is 5.02 Å². The van der Waals surface area contributed by atoms with Gasteiger partial charge in [-0.25, -0.2) is 0 Å². The number of hydrogen-bond donors (Lipinski definition) is 2. The molecule has 0 saturated heterocycles. The lowest BCUT2D eigenvalue weighted by Gasteiger charge is -2.15. The molecule has 0 bridgehead atoms. The minimum atomic E-state index is -0.115. The first-order valence-electron chi connectivity index (χ1n) is 9.54. The largest absolute Gasteiger partial charge is 0.489 e. The highest BCUT2D eigenvalue weighted by molar-refractivity contribution is 6.30. The zero-order valence-electron chi connectivity index (χ0n) is 16.6. The molecule has 0 fully saturated rings. The van der Waals surface area contributed by atoms with Gasteiger partial charge in [0.15, 0.2) is 0 Å². The van der Waals surface area contributed by atoms with Crippen LogP contribution >= 0.6 is 11.6 Å². The Bertz CT molecular complexity index is 1040. The van der Waals surface area contributed by atoms with Gasteiger partial charge in [-0.1, -0.05) is 41.9 Å². The third-order valence-electron chi connectivity index (χ3n) is 4.50. The second-order valence-corrected chi connectivity index (χ2v) is 7.26. The first-order chi connectivity index (χ1) is 14.5. The number of nitrogens with one attached hydrogen (secondary N) is 2. The summed E-state index contributed by atoms with van der Waals surface area (Å²) in [4.78, 5) is 12.3. The molecule has 1 atom stereocenters. The lowest BCUT2D eigenvalue weighted by atomic mass is 10.1. The highest BCUT2D eigenvalue weighted by Gasteiger charge is 2.09. The Kier molecular flexibility index (Phi) is 7.31. The van der Waals surface area contributed by atoms with E-state index in [1.165, 1.54) is 0 Å². The topological polar surface area (TPSA) is 74.2 Å². The second-order valence-electron chi connectivity index (χ2n) is 6.82. The molecule has 3 aromatic carbocycles. The van der Waals surface area contributed by atoms with Crippen LogP contribution in [0.15, 0.2) is 72.8 Å². The van der Waals surface area contributed by atoms with Gasteiger partial charge in [0.25, 0.3) is 0 Å². The zero-order valence-corrected chi connectivity index (χ0v) is 17.3. The summed E-state index contributed by atoms with van der Waals surface area (Å²) in [6.45, 7) is 2.43. The van der Waals surface area contributed by atoms with Crippen LogP contribution in [-0.4, -0.2) is 12.5 Å². The number of nitrogens with zero attached hydrogens (tertiary/aromatic N) is 1. The molecule has 1 amide bonds. The maximum Gasteiger partial charge on any atom is 0.239 e. The van der Waals surface area contributed by atoms with Crippen LogP contribution < -0.4 is 15.4 Å². The first-order valence-corrected chi connectivity index (χ1v) is 9.92. The summed E-state index contributed by atoms with van der Waals surface area (Å²) in [5.41, 5.74) is 3.30. The number of ether oxygens (including phenoxy) is 1. The van der Waals surface area contributed by atoms with Gasteiger partial charge < -0.3 is 15.4 Å². The Morgan fingerprint density at radius 3 is 2.63 bits per heavy atom. The first kappa shape index (κ1) is 21.2. The normalized spacial score (nSPS) is 11.2. The number of amides is 1. The number of benzene rings is 3. The highest BCUT2D eigenvalue weighted by Crippen LogP contribution is 2.19. The van der Waals surface area contributed by atoms with E-state index < -0.39 is 0 Å². The van der Waals surface area contributed by atoms with Crippen molar-refractivity contribution in [2.24, 2.45) is 0 Å². The molecule has 2 N–H and O–H groups in total. The predicted octanol–water partition coefficient (Wildman–Crippen LogP) is 5.08. The van der Waals surface area contributed by atoms with Crippen LogP contribution in [0.4, 0.5) is 5.69 Å². The third-order valence-corrected chi connectivity index (χ3v) is 4.75. The van der Waals surface area contributed by atoms with Crippen LogP contribution in [0.1, 0.15) is 29.7 Å². The number of anilines is 1. The third kappa shape index (κ3) is 6.26. The van der Waals surface area contributed by atoms with Crippen molar-refractivity contribution in [3.63, 3.8) is 0 Å². The fraction of sp³-hybridized carbons (Fsp3) is 0.167. The SMILES string of the molecule is CC(NC(=O)CNc1cccc(OCc2cccc(C#N)c2)c1)c1ccc(Cl)cc1. The monoisotopic (exact) mass is 419 g/mol. The van der Waals surface area contributed by atoms with Crippen molar-refractivity contribution in [2.45, 2.75) is 19.6 Å². The van der Waals surface area contributed by atoms with Gasteiger partial charge in [-0.3, -0.25) is 4.79 Å². The van der Waals surface area contributed by atoms with Gasteiger partial charge >= 0.3 is 0 Å². The fourth-order valence-corrected chi connectivity index (χ4v) is 3.03. The number of carbonyl (C=O) groups excluding carboxylic acids is 1. The van der Waals surface area contributed by atoms with Crippen molar-refractivity contribution >= 4 is 23.2 Å². The molecular formula is C24H22ClN3O2. The van der Waals surface area contributed by atoms with Gasteiger partial charge in [0.1, 0.15) is 12.4 Å². The Morgan fingerprint density at radius 2 is 1.87 bits per heavy atom. The van der Waals surface area contributed by atoms with E-state index in [4.69, 9.17) is 21.6 Å². The van der Waals surface area contributed by atoms with E-state index in [1.807, 2.05) is 55.5 Å². The average Bonchev–Trinajstić information content (AvgIpc) is 2.77. The van der Waals surface area contributed by atoms with Gasteiger partial charge in [-0.2, -0.15) is 5.26 Å². The number of nitriles is 1. The number of carbonyl (C=O) groups is 1. The van der Waals surface area contributed by atoms with E-state index in [0.29, 0.717) is 22.9 Å². The quantitative estimate of drug-likeness (QED) is 0.534. The maximum atomic E-state index is 12.3. The summed E-state index contributed by atoms with van der Waals surface area (Å²) in [5, 5.41) is 15.7. The van der Waals surface area contributed by atoms with Crippen molar-refractivity contribution in [2.75, 3.05) is 11.9 Å². The molecule has 152 valence electrons. The molecule has 0 heterocycles. The fourth-order valence-electron chi connectivity index (χ4n) is 2.90. The molecular weight excluding hydrogens is 398 g/mol. The van der Waals surface area contributed by atoms with Crippen LogP contribution in [0.3, 0.4) is 0 Å². The van der Waals surface area contributed by atoms with E-state index in [0.717, 1.165) is 16.8 Å². The standard InChI is InChI=1S/C24H22ClN3O2/c1-17(20-8-10-21(25)11-9-20)28-24(29)15-27-22-6-3-7-23(13-22)30-16-19-5-2-4-18(12-19)14-26/h2-13,17,27H,15-16H2,1H3,(H,28,29). The van der Waals surface area contributed by atoms with Crippen molar-refractivity contribution < 1.29 is 9.53 Å². The molecule has 3 rings (SSSR count). The maximum absolute atomic E-state index is 12.3. The van der Waals surface area contributed by atoms with E-state index in [1.54, 1.807) is 24.3 Å². The van der Waals surface area contributed by atoms with Crippen molar-refractivity contribution in [1.29, 1.82) is 5.26 Å².